The number of halogens is 1. The number of anilines is 1. The molecule has 3 rings (SSSR count). The van der Waals surface area contributed by atoms with Crippen molar-refractivity contribution in [2.75, 3.05) is 43.4 Å². The van der Waals surface area contributed by atoms with Crippen LogP contribution < -0.4 is 4.90 Å². The minimum Gasteiger partial charge on any atom is -0.354 e. The predicted octanol–water partition coefficient (Wildman–Crippen LogP) is 2.14. The van der Waals surface area contributed by atoms with Gasteiger partial charge in [0.2, 0.25) is 0 Å². The van der Waals surface area contributed by atoms with Crippen molar-refractivity contribution < 1.29 is 8.42 Å². The fourth-order valence-corrected chi connectivity index (χ4v) is 4.37. The minimum atomic E-state index is -3.24. The largest absolute Gasteiger partial charge is 0.354 e. The standard InChI is InChI=1S/C17H21BrN4O2S/c1-14-12-17(20-13-19-14)22-8-6-21(7-9-22)10-11-25(23,24)16-4-2-15(18)3-5-16/h2-5,12-13H,6-11H2,1H3. The molecule has 1 fully saturated rings. The Morgan fingerprint density at radius 1 is 1.08 bits per heavy atom. The Kier molecular flexibility index (Phi) is 5.71. The first-order valence-corrected chi connectivity index (χ1v) is 10.6. The van der Waals surface area contributed by atoms with Gasteiger partial charge in [-0.3, -0.25) is 4.90 Å². The lowest BCUT2D eigenvalue weighted by molar-refractivity contribution is 0.271. The zero-order chi connectivity index (χ0) is 17.9. The van der Waals surface area contributed by atoms with Crippen molar-refractivity contribution in [3.63, 3.8) is 0 Å². The molecule has 1 aliphatic heterocycles. The summed E-state index contributed by atoms with van der Waals surface area (Å²) in [5.41, 5.74) is 0.952. The van der Waals surface area contributed by atoms with Gasteiger partial charge in [0.15, 0.2) is 9.84 Å². The number of rotatable bonds is 5. The van der Waals surface area contributed by atoms with Crippen molar-refractivity contribution in [2.45, 2.75) is 11.8 Å². The second-order valence-corrected chi connectivity index (χ2v) is 9.14. The van der Waals surface area contributed by atoms with E-state index in [1.807, 2.05) is 13.0 Å². The van der Waals surface area contributed by atoms with E-state index in [0.717, 1.165) is 42.2 Å². The number of hydrogen-bond acceptors (Lipinski definition) is 6. The molecule has 6 nitrogen and oxygen atoms in total. The summed E-state index contributed by atoms with van der Waals surface area (Å²) in [6.45, 7) is 5.85. The first kappa shape index (κ1) is 18.3. The Morgan fingerprint density at radius 3 is 2.40 bits per heavy atom. The number of nitrogens with zero attached hydrogens (tertiary/aromatic N) is 4. The maximum absolute atomic E-state index is 12.4. The summed E-state index contributed by atoms with van der Waals surface area (Å²) in [6.07, 6.45) is 1.59. The summed E-state index contributed by atoms with van der Waals surface area (Å²) in [5.74, 6) is 1.08. The summed E-state index contributed by atoms with van der Waals surface area (Å²) >= 11 is 3.33. The number of aromatic nitrogens is 2. The van der Waals surface area contributed by atoms with Gasteiger partial charge in [-0.25, -0.2) is 18.4 Å². The first-order valence-electron chi connectivity index (χ1n) is 8.18. The van der Waals surface area contributed by atoms with E-state index < -0.39 is 9.84 Å². The molecule has 0 N–H and O–H groups in total. The van der Waals surface area contributed by atoms with Gasteiger partial charge >= 0.3 is 0 Å². The topological polar surface area (TPSA) is 66.4 Å². The van der Waals surface area contributed by atoms with Crippen LogP contribution in [0.3, 0.4) is 0 Å². The Hall–Kier alpha value is -1.51. The van der Waals surface area contributed by atoms with Crippen molar-refractivity contribution >= 4 is 31.6 Å². The van der Waals surface area contributed by atoms with Crippen LogP contribution in [0.25, 0.3) is 0 Å². The Balaban J connectivity index is 1.53. The molecular weight excluding hydrogens is 404 g/mol. The molecule has 0 radical (unpaired) electrons. The molecule has 2 aromatic rings. The SMILES string of the molecule is Cc1cc(N2CCN(CCS(=O)(=O)c3ccc(Br)cc3)CC2)ncn1. The second kappa shape index (κ2) is 7.80. The minimum absolute atomic E-state index is 0.140. The predicted molar refractivity (Wildman–Crippen MR) is 102 cm³/mol. The molecule has 0 saturated carbocycles. The average Bonchev–Trinajstić information content (AvgIpc) is 2.61. The van der Waals surface area contributed by atoms with Gasteiger partial charge in [0.1, 0.15) is 12.1 Å². The molecule has 0 amide bonds. The van der Waals surface area contributed by atoms with E-state index in [0.29, 0.717) is 11.4 Å². The van der Waals surface area contributed by atoms with E-state index >= 15 is 0 Å². The maximum Gasteiger partial charge on any atom is 0.179 e. The molecule has 0 unspecified atom stereocenters. The third kappa shape index (κ3) is 4.77. The monoisotopic (exact) mass is 424 g/mol. The summed E-state index contributed by atoms with van der Waals surface area (Å²) < 4.78 is 25.8. The van der Waals surface area contributed by atoms with Crippen molar-refractivity contribution in [2.24, 2.45) is 0 Å². The van der Waals surface area contributed by atoms with Gasteiger partial charge in [0.05, 0.1) is 10.6 Å². The number of hydrogen-bond donors (Lipinski definition) is 0. The molecule has 1 aliphatic rings. The molecule has 134 valence electrons. The van der Waals surface area contributed by atoms with Crippen LogP contribution in [0.1, 0.15) is 5.69 Å². The zero-order valence-corrected chi connectivity index (χ0v) is 16.5. The molecule has 0 bridgehead atoms. The summed E-state index contributed by atoms with van der Waals surface area (Å²) in [5, 5.41) is 0. The van der Waals surface area contributed by atoms with Crippen LogP contribution in [0.5, 0.6) is 0 Å². The van der Waals surface area contributed by atoms with E-state index in [1.54, 1.807) is 30.6 Å². The molecule has 2 heterocycles. The lowest BCUT2D eigenvalue weighted by atomic mass is 10.3. The van der Waals surface area contributed by atoms with Gasteiger partial charge in [-0.2, -0.15) is 0 Å². The van der Waals surface area contributed by atoms with Gasteiger partial charge in [0, 0.05) is 49.0 Å². The van der Waals surface area contributed by atoms with E-state index in [4.69, 9.17) is 0 Å². The highest BCUT2D eigenvalue weighted by Crippen LogP contribution is 2.17. The Labute approximate surface area is 156 Å². The molecule has 1 aromatic heterocycles. The lowest BCUT2D eigenvalue weighted by Crippen LogP contribution is -2.47. The van der Waals surface area contributed by atoms with Crippen molar-refractivity contribution in [1.29, 1.82) is 0 Å². The molecule has 0 aliphatic carbocycles. The number of piperazine rings is 1. The van der Waals surface area contributed by atoms with Crippen LogP contribution in [0, 0.1) is 6.92 Å². The van der Waals surface area contributed by atoms with E-state index in [1.165, 1.54) is 0 Å². The highest BCUT2D eigenvalue weighted by molar-refractivity contribution is 9.10. The van der Waals surface area contributed by atoms with Crippen LogP contribution >= 0.6 is 15.9 Å². The highest BCUT2D eigenvalue weighted by Gasteiger charge is 2.21. The Morgan fingerprint density at radius 2 is 1.76 bits per heavy atom. The molecule has 1 saturated heterocycles. The lowest BCUT2D eigenvalue weighted by Gasteiger charge is -2.35. The zero-order valence-electron chi connectivity index (χ0n) is 14.1. The van der Waals surface area contributed by atoms with Gasteiger partial charge in [0.25, 0.3) is 0 Å². The number of aryl methyl sites for hydroxylation is 1. The van der Waals surface area contributed by atoms with Gasteiger partial charge < -0.3 is 4.90 Å². The number of sulfone groups is 1. The molecule has 8 heteroatoms. The van der Waals surface area contributed by atoms with Gasteiger partial charge in [-0.05, 0) is 31.2 Å². The third-order valence-corrected chi connectivity index (χ3v) is 6.57. The Bertz CT molecular complexity index is 819. The maximum atomic E-state index is 12.4. The van der Waals surface area contributed by atoms with Crippen LogP contribution in [0.2, 0.25) is 0 Å². The average molecular weight is 425 g/mol. The van der Waals surface area contributed by atoms with Gasteiger partial charge in [-0.1, -0.05) is 15.9 Å². The summed E-state index contributed by atoms with van der Waals surface area (Å²) in [4.78, 5) is 13.2. The van der Waals surface area contributed by atoms with Crippen LogP contribution in [0.4, 0.5) is 5.82 Å². The fourth-order valence-electron chi connectivity index (χ4n) is 2.82. The van der Waals surface area contributed by atoms with E-state index in [-0.39, 0.29) is 5.75 Å². The van der Waals surface area contributed by atoms with Crippen molar-refractivity contribution in [3.05, 3.63) is 46.8 Å². The smallest absolute Gasteiger partial charge is 0.179 e. The van der Waals surface area contributed by atoms with E-state index in [2.05, 4.69) is 35.7 Å². The molecular formula is C17H21BrN4O2S. The second-order valence-electron chi connectivity index (χ2n) is 6.12. The van der Waals surface area contributed by atoms with Gasteiger partial charge in [-0.15, -0.1) is 0 Å². The normalized spacial score (nSPS) is 16.2. The molecule has 0 atom stereocenters. The fraction of sp³-hybridized carbons (Fsp3) is 0.412. The van der Waals surface area contributed by atoms with E-state index in [9.17, 15) is 8.42 Å². The van der Waals surface area contributed by atoms with Crippen LogP contribution in [0.15, 0.2) is 46.0 Å². The summed E-state index contributed by atoms with van der Waals surface area (Å²) in [7, 11) is -3.24. The first-order chi connectivity index (χ1) is 11.9. The molecule has 1 aromatic carbocycles. The quantitative estimate of drug-likeness (QED) is 0.732. The van der Waals surface area contributed by atoms with Crippen LogP contribution in [-0.2, 0) is 9.84 Å². The van der Waals surface area contributed by atoms with Crippen LogP contribution in [-0.4, -0.2) is 61.8 Å². The highest BCUT2D eigenvalue weighted by atomic mass is 79.9. The third-order valence-electron chi connectivity index (χ3n) is 4.33. The molecule has 25 heavy (non-hydrogen) atoms. The van der Waals surface area contributed by atoms with Crippen molar-refractivity contribution in [1.82, 2.24) is 14.9 Å². The summed E-state index contributed by atoms with van der Waals surface area (Å²) in [6, 6.07) is 8.79. The number of benzene rings is 1. The van der Waals surface area contributed by atoms with Crippen molar-refractivity contribution in [3.8, 4) is 0 Å². The molecule has 0 spiro atoms.